The summed E-state index contributed by atoms with van der Waals surface area (Å²) in [5, 5.41) is 7.68. The zero-order valence-corrected chi connectivity index (χ0v) is 19.5. The first kappa shape index (κ1) is 21.0. The molecular formula is C23H20N6O2S2. The van der Waals surface area contributed by atoms with Crippen LogP contribution in [0.1, 0.15) is 15.4 Å². The number of hydrogen-bond donors (Lipinski definition) is 3. The third kappa shape index (κ3) is 4.01. The molecule has 5 rings (SSSR count). The number of para-hydroxylation sites is 2. The molecule has 0 spiro atoms. The van der Waals surface area contributed by atoms with Gasteiger partial charge in [-0.2, -0.15) is 0 Å². The highest BCUT2D eigenvalue weighted by atomic mass is 32.1. The number of benzene rings is 1. The Morgan fingerprint density at radius 1 is 1.12 bits per heavy atom. The highest BCUT2D eigenvalue weighted by molar-refractivity contribution is 7.20. The molecule has 0 radical (unpaired) electrons. The fourth-order valence-electron chi connectivity index (χ4n) is 3.48. The van der Waals surface area contributed by atoms with E-state index in [4.69, 9.17) is 10.5 Å². The summed E-state index contributed by atoms with van der Waals surface area (Å²) in [6.45, 7) is 1.97. The van der Waals surface area contributed by atoms with Crippen molar-refractivity contribution in [2.45, 2.75) is 6.92 Å². The number of aromatic nitrogens is 3. The summed E-state index contributed by atoms with van der Waals surface area (Å²) in [7, 11) is 1.64. The van der Waals surface area contributed by atoms with Crippen molar-refractivity contribution in [2.24, 2.45) is 0 Å². The number of nitrogen functional groups attached to an aromatic ring is 1. The number of aryl methyl sites for hydroxylation is 1. The van der Waals surface area contributed by atoms with Gasteiger partial charge in [-0.3, -0.25) is 9.20 Å². The Balaban J connectivity index is 1.35. The van der Waals surface area contributed by atoms with Crippen molar-refractivity contribution < 1.29 is 9.53 Å². The molecule has 0 fully saturated rings. The van der Waals surface area contributed by atoms with Gasteiger partial charge in [0.05, 0.1) is 44.6 Å². The molecule has 0 aliphatic carbocycles. The van der Waals surface area contributed by atoms with Gasteiger partial charge in [-0.25, -0.2) is 9.97 Å². The second kappa shape index (κ2) is 8.57. The lowest BCUT2D eigenvalue weighted by molar-refractivity contribution is 0.103. The van der Waals surface area contributed by atoms with E-state index >= 15 is 0 Å². The van der Waals surface area contributed by atoms with Crippen molar-refractivity contribution in [3.8, 4) is 16.3 Å². The van der Waals surface area contributed by atoms with Gasteiger partial charge in [0.2, 0.25) is 0 Å². The molecule has 33 heavy (non-hydrogen) atoms. The number of imidazole rings is 1. The van der Waals surface area contributed by atoms with E-state index in [-0.39, 0.29) is 5.91 Å². The molecule has 0 aliphatic rings. The summed E-state index contributed by atoms with van der Waals surface area (Å²) in [4.78, 5) is 23.3. The van der Waals surface area contributed by atoms with Crippen LogP contribution in [0.25, 0.3) is 16.2 Å². The van der Waals surface area contributed by atoms with Crippen molar-refractivity contribution in [3.63, 3.8) is 0 Å². The topological polar surface area (TPSA) is 107 Å². The highest BCUT2D eigenvalue weighted by Crippen LogP contribution is 2.36. The van der Waals surface area contributed by atoms with Gasteiger partial charge in [0.25, 0.3) is 5.91 Å². The van der Waals surface area contributed by atoms with Gasteiger partial charge in [0, 0.05) is 12.4 Å². The Morgan fingerprint density at radius 2 is 1.97 bits per heavy atom. The van der Waals surface area contributed by atoms with Gasteiger partial charge >= 0.3 is 0 Å². The fourth-order valence-corrected chi connectivity index (χ4v) is 5.27. The molecule has 4 aromatic heterocycles. The van der Waals surface area contributed by atoms with Gasteiger partial charge < -0.3 is 21.1 Å². The summed E-state index contributed by atoms with van der Waals surface area (Å²) in [5.41, 5.74) is 9.67. The minimum atomic E-state index is -0.207. The standard InChI is InChI=1S/C23H20N6O2S2/c1-13-20(29-11-5-8-16(31-2)21(29)26-13)18-12-25-23(33-18)28-19-10-9-17(32-19)22(30)27-15-7-4-3-6-14(15)24/h3-12H,24H2,1-2H3,(H,25,28)(H,27,30). The first-order valence-electron chi connectivity index (χ1n) is 10.0. The lowest BCUT2D eigenvalue weighted by atomic mass is 10.2. The van der Waals surface area contributed by atoms with Crippen LogP contribution in [-0.4, -0.2) is 27.4 Å². The van der Waals surface area contributed by atoms with Gasteiger partial charge in [0.15, 0.2) is 16.5 Å². The third-order valence-electron chi connectivity index (χ3n) is 5.02. The van der Waals surface area contributed by atoms with Crippen LogP contribution in [0.2, 0.25) is 0 Å². The van der Waals surface area contributed by atoms with Crippen molar-refractivity contribution in [3.05, 3.63) is 71.5 Å². The van der Waals surface area contributed by atoms with Gasteiger partial charge in [-0.1, -0.05) is 23.5 Å². The minimum absolute atomic E-state index is 0.207. The van der Waals surface area contributed by atoms with E-state index < -0.39 is 0 Å². The van der Waals surface area contributed by atoms with Crippen LogP contribution < -0.4 is 21.1 Å². The number of amides is 1. The lowest BCUT2D eigenvalue weighted by Crippen LogP contribution is -2.11. The third-order valence-corrected chi connectivity index (χ3v) is 6.94. The zero-order valence-electron chi connectivity index (χ0n) is 17.8. The molecule has 0 saturated heterocycles. The number of hydrogen-bond acceptors (Lipinski definition) is 8. The molecule has 0 aliphatic heterocycles. The van der Waals surface area contributed by atoms with Gasteiger partial charge in [-0.15, -0.1) is 11.3 Å². The SMILES string of the molecule is COc1cccn2c(-c3cnc(Nc4ccc(C(=O)Nc5ccccc5N)s4)s3)c(C)nc12. The van der Waals surface area contributed by atoms with Crippen LogP contribution in [0, 0.1) is 6.92 Å². The van der Waals surface area contributed by atoms with Crippen molar-refractivity contribution in [1.82, 2.24) is 14.4 Å². The fraction of sp³-hybridized carbons (Fsp3) is 0.0870. The van der Waals surface area contributed by atoms with E-state index in [9.17, 15) is 4.79 Å². The molecule has 4 heterocycles. The number of ether oxygens (including phenoxy) is 1. The maximum Gasteiger partial charge on any atom is 0.265 e. The number of nitrogens with one attached hydrogen (secondary N) is 2. The Hall–Kier alpha value is -3.89. The van der Waals surface area contributed by atoms with E-state index in [0.29, 0.717) is 16.3 Å². The normalized spacial score (nSPS) is 11.0. The number of thiazole rings is 1. The van der Waals surface area contributed by atoms with Crippen molar-refractivity contribution >= 4 is 55.7 Å². The molecule has 0 saturated carbocycles. The van der Waals surface area contributed by atoms with E-state index in [0.717, 1.165) is 37.8 Å². The molecule has 10 heteroatoms. The second-order valence-electron chi connectivity index (χ2n) is 7.18. The number of nitrogens with two attached hydrogens (primary N) is 1. The molecule has 5 aromatic rings. The molecule has 1 amide bonds. The summed E-state index contributed by atoms with van der Waals surface area (Å²) in [5.74, 6) is 0.512. The van der Waals surface area contributed by atoms with Crippen LogP contribution in [-0.2, 0) is 0 Å². The maximum atomic E-state index is 12.6. The van der Waals surface area contributed by atoms with Crippen LogP contribution in [0.5, 0.6) is 5.75 Å². The van der Waals surface area contributed by atoms with Crippen molar-refractivity contribution in [2.75, 3.05) is 23.5 Å². The number of methoxy groups -OCH3 is 1. The van der Waals surface area contributed by atoms with Crippen LogP contribution in [0.15, 0.2) is 60.9 Å². The Morgan fingerprint density at radius 3 is 2.79 bits per heavy atom. The Bertz CT molecular complexity index is 1470. The zero-order chi connectivity index (χ0) is 22.9. The number of pyridine rings is 1. The largest absolute Gasteiger partial charge is 0.493 e. The van der Waals surface area contributed by atoms with Crippen LogP contribution in [0.3, 0.4) is 0 Å². The smallest absolute Gasteiger partial charge is 0.265 e. The summed E-state index contributed by atoms with van der Waals surface area (Å²) < 4.78 is 7.44. The van der Waals surface area contributed by atoms with Gasteiger partial charge in [0.1, 0.15) is 0 Å². The first-order chi connectivity index (χ1) is 16.0. The van der Waals surface area contributed by atoms with Crippen molar-refractivity contribution in [1.29, 1.82) is 0 Å². The number of rotatable bonds is 6. The average molecular weight is 477 g/mol. The molecule has 1 aromatic carbocycles. The maximum absolute atomic E-state index is 12.6. The number of thiophene rings is 1. The summed E-state index contributed by atoms with van der Waals surface area (Å²) in [6, 6.07) is 14.6. The van der Waals surface area contributed by atoms with E-state index in [1.807, 2.05) is 54.0 Å². The molecule has 8 nitrogen and oxygen atoms in total. The number of carbonyl (C=O) groups excluding carboxylic acids is 1. The average Bonchev–Trinajstić information content (AvgIpc) is 3.53. The van der Waals surface area contributed by atoms with Gasteiger partial charge in [-0.05, 0) is 43.3 Å². The monoisotopic (exact) mass is 476 g/mol. The molecule has 166 valence electrons. The molecule has 4 N–H and O–H groups in total. The molecule has 0 unspecified atom stereocenters. The summed E-state index contributed by atoms with van der Waals surface area (Å²) in [6.07, 6.45) is 3.78. The van der Waals surface area contributed by atoms with E-state index in [1.54, 1.807) is 25.3 Å². The number of carbonyl (C=O) groups is 1. The molecule has 0 bridgehead atoms. The van der Waals surface area contributed by atoms with E-state index in [2.05, 4.69) is 20.6 Å². The second-order valence-corrected chi connectivity index (χ2v) is 9.29. The Labute approximate surface area is 197 Å². The first-order valence-corrected chi connectivity index (χ1v) is 11.7. The predicted octanol–water partition coefficient (Wildman–Crippen LogP) is 5.41. The lowest BCUT2D eigenvalue weighted by Gasteiger charge is -2.06. The highest BCUT2D eigenvalue weighted by Gasteiger charge is 2.17. The quantitative estimate of drug-likeness (QED) is 0.283. The number of fused-ring (bicyclic) bond motifs is 1. The van der Waals surface area contributed by atoms with Crippen LogP contribution in [0.4, 0.5) is 21.5 Å². The summed E-state index contributed by atoms with van der Waals surface area (Å²) >= 11 is 2.86. The Kier molecular flexibility index (Phi) is 5.45. The number of nitrogens with zero attached hydrogens (tertiary/aromatic N) is 3. The van der Waals surface area contributed by atoms with Crippen LogP contribution >= 0.6 is 22.7 Å². The van der Waals surface area contributed by atoms with E-state index in [1.165, 1.54) is 22.7 Å². The molecule has 0 atom stereocenters. The molecular weight excluding hydrogens is 456 g/mol. The predicted molar refractivity (Wildman–Crippen MR) is 134 cm³/mol. The number of anilines is 4. The minimum Gasteiger partial charge on any atom is -0.493 e.